The molecule has 0 radical (unpaired) electrons. The van der Waals surface area contributed by atoms with E-state index in [-0.39, 0.29) is 0 Å². The number of aliphatic carboxylic acids is 1. The molecule has 1 atom stereocenters. The predicted octanol–water partition coefficient (Wildman–Crippen LogP) is 3.31. The molecule has 1 unspecified atom stereocenters. The lowest BCUT2D eigenvalue weighted by molar-refractivity contribution is -0.139. The number of unbranched alkanes of at least 4 members (excludes halogenated alkanes) is 1. The summed E-state index contributed by atoms with van der Waals surface area (Å²) >= 11 is 12.1. The molecule has 0 aliphatic rings. The fourth-order valence-corrected chi connectivity index (χ4v) is 2.50. The SMILES string of the molecule is CCCCC(NCc1cn(-c2cccc(Cl)c2Cl)nn1)C(=O)O. The molecule has 2 rings (SSSR count). The highest BCUT2D eigenvalue weighted by Gasteiger charge is 2.17. The number of nitrogens with one attached hydrogen (secondary N) is 1. The number of hydrogen-bond donors (Lipinski definition) is 2. The summed E-state index contributed by atoms with van der Waals surface area (Å²) in [7, 11) is 0. The smallest absolute Gasteiger partial charge is 0.320 e. The molecule has 1 aromatic heterocycles. The van der Waals surface area contributed by atoms with Crippen LogP contribution in [-0.2, 0) is 11.3 Å². The highest BCUT2D eigenvalue weighted by Crippen LogP contribution is 2.27. The van der Waals surface area contributed by atoms with Gasteiger partial charge in [0, 0.05) is 6.54 Å². The number of carboxylic acid groups (broad SMARTS) is 1. The van der Waals surface area contributed by atoms with E-state index in [0.717, 1.165) is 12.8 Å². The predicted molar refractivity (Wildman–Crippen MR) is 89.2 cm³/mol. The van der Waals surface area contributed by atoms with Crippen molar-refractivity contribution >= 4 is 29.2 Å². The van der Waals surface area contributed by atoms with Crippen molar-refractivity contribution in [3.05, 3.63) is 40.1 Å². The number of benzene rings is 1. The highest BCUT2D eigenvalue weighted by molar-refractivity contribution is 6.43. The maximum atomic E-state index is 11.2. The molecule has 0 fully saturated rings. The standard InChI is InChI=1S/C15H18Cl2N4O2/c1-2-3-6-12(15(22)23)18-8-10-9-21(20-19-10)13-7-4-5-11(16)14(13)17/h4-5,7,9,12,18H,2-3,6,8H2,1H3,(H,22,23). The van der Waals surface area contributed by atoms with E-state index in [4.69, 9.17) is 23.2 Å². The van der Waals surface area contributed by atoms with E-state index in [0.29, 0.717) is 34.4 Å². The van der Waals surface area contributed by atoms with Crippen LogP contribution < -0.4 is 5.32 Å². The van der Waals surface area contributed by atoms with Crippen LogP contribution in [0, 0.1) is 0 Å². The average Bonchev–Trinajstić information content (AvgIpc) is 2.98. The number of halogens is 2. The van der Waals surface area contributed by atoms with Crippen molar-refractivity contribution < 1.29 is 9.90 Å². The zero-order chi connectivity index (χ0) is 16.8. The van der Waals surface area contributed by atoms with Crippen LogP contribution in [0.15, 0.2) is 24.4 Å². The zero-order valence-electron chi connectivity index (χ0n) is 12.7. The maximum Gasteiger partial charge on any atom is 0.320 e. The Hall–Kier alpha value is -1.63. The fraction of sp³-hybridized carbons (Fsp3) is 0.400. The van der Waals surface area contributed by atoms with Gasteiger partial charge in [-0.25, -0.2) is 4.68 Å². The van der Waals surface area contributed by atoms with Gasteiger partial charge in [0.15, 0.2) is 0 Å². The van der Waals surface area contributed by atoms with Crippen LogP contribution in [-0.4, -0.2) is 32.1 Å². The van der Waals surface area contributed by atoms with Gasteiger partial charge < -0.3 is 5.11 Å². The molecule has 124 valence electrons. The molecule has 0 aliphatic carbocycles. The van der Waals surface area contributed by atoms with E-state index >= 15 is 0 Å². The summed E-state index contributed by atoms with van der Waals surface area (Å²) in [6, 6.07) is 4.66. The number of carboxylic acids is 1. The summed E-state index contributed by atoms with van der Waals surface area (Å²) in [6.45, 7) is 2.35. The average molecular weight is 357 g/mol. The number of aromatic nitrogens is 3. The monoisotopic (exact) mass is 356 g/mol. The number of nitrogens with zero attached hydrogens (tertiary/aromatic N) is 3. The Balaban J connectivity index is 2.04. The van der Waals surface area contributed by atoms with Crippen LogP contribution in [0.25, 0.3) is 5.69 Å². The zero-order valence-corrected chi connectivity index (χ0v) is 14.2. The Kier molecular flexibility index (Phi) is 6.38. The molecule has 0 spiro atoms. The van der Waals surface area contributed by atoms with Crippen molar-refractivity contribution in [3.63, 3.8) is 0 Å². The summed E-state index contributed by atoms with van der Waals surface area (Å²) in [4.78, 5) is 11.2. The third kappa shape index (κ3) is 4.67. The first-order chi connectivity index (χ1) is 11.0. The van der Waals surface area contributed by atoms with Crippen molar-refractivity contribution in [2.45, 2.75) is 38.8 Å². The summed E-state index contributed by atoms with van der Waals surface area (Å²) in [6.07, 6.45) is 4.09. The lowest BCUT2D eigenvalue weighted by atomic mass is 10.1. The van der Waals surface area contributed by atoms with Crippen molar-refractivity contribution in [1.82, 2.24) is 20.3 Å². The second-order valence-electron chi connectivity index (χ2n) is 5.14. The van der Waals surface area contributed by atoms with Gasteiger partial charge in [-0.2, -0.15) is 0 Å². The van der Waals surface area contributed by atoms with Gasteiger partial charge in [0.25, 0.3) is 0 Å². The molecule has 0 saturated heterocycles. The Morgan fingerprint density at radius 2 is 2.22 bits per heavy atom. The molecule has 23 heavy (non-hydrogen) atoms. The Morgan fingerprint density at radius 3 is 2.91 bits per heavy atom. The van der Waals surface area contributed by atoms with Gasteiger partial charge in [-0.1, -0.05) is 54.2 Å². The third-order valence-electron chi connectivity index (χ3n) is 3.39. The van der Waals surface area contributed by atoms with E-state index < -0.39 is 12.0 Å². The van der Waals surface area contributed by atoms with Gasteiger partial charge in [-0.15, -0.1) is 5.10 Å². The molecule has 0 saturated carbocycles. The molecule has 0 bridgehead atoms. The summed E-state index contributed by atoms with van der Waals surface area (Å²) in [5, 5.41) is 21.0. The van der Waals surface area contributed by atoms with Crippen LogP contribution in [0.5, 0.6) is 0 Å². The Morgan fingerprint density at radius 1 is 1.43 bits per heavy atom. The molecule has 2 aromatic rings. The molecular formula is C15H18Cl2N4O2. The summed E-state index contributed by atoms with van der Waals surface area (Å²) in [5.41, 5.74) is 1.25. The van der Waals surface area contributed by atoms with Gasteiger partial charge in [0.1, 0.15) is 6.04 Å². The van der Waals surface area contributed by atoms with Gasteiger partial charge >= 0.3 is 5.97 Å². The van der Waals surface area contributed by atoms with E-state index in [2.05, 4.69) is 15.6 Å². The van der Waals surface area contributed by atoms with Crippen molar-refractivity contribution in [3.8, 4) is 5.69 Å². The molecule has 8 heteroatoms. The van der Waals surface area contributed by atoms with E-state index in [1.54, 1.807) is 24.4 Å². The van der Waals surface area contributed by atoms with Gasteiger partial charge in [-0.05, 0) is 18.6 Å². The van der Waals surface area contributed by atoms with Crippen molar-refractivity contribution in [2.75, 3.05) is 0 Å². The van der Waals surface area contributed by atoms with Crippen LogP contribution >= 0.6 is 23.2 Å². The third-order valence-corrected chi connectivity index (χ3v) is 4.20. The molecule has 6 nitrogen and oxygen atoms in total. The number of rotatable bonds is 8. The lowest BCUT2D eigenvalue weighted by Gasteiger charge is -2.12. The summed E-state index contributed by atoms with van der Waals surface area (Å²) < 4.78 is 1.52. The van der Waals surface area contributed by atoms with Gasteiger partial charge in [-0.3, -0.25) is 10.1 Å². The molecule has 0 aliphatic heterocycles. The first kappa shape index (κ1) is 17.7. The second-order valence-corrected chi connectivity index (χ2v) is 5.93. The van der Waals surface area contributed by atoms with Crippen LogP contribution in [0.4, 0.5) is 0 Å². The molecular weight excluding hydrogens is 339 g/mol. The van der Waals surface area contributed by atoms with Crippen molar-refractivity contribution in [1.29, 1.82) is 0 Å². The molecule has 2 N–H and O–H groups in total. The molecule has 1 heterocycles. The van der Waals surface area contributed by atoms with E-state index in [9.17, 15) is 9.90 Å². The molecule has 1 aromatic carbocycles. The van der Waals surface area contributed by atoms with E-state index in [1.807, 2.05) is 6.92 Å². The maximum absolute atomic E-state index is 11.2. The van der Waals surface area contributed by atoms with Crippen LogP contribution in [0.3, 0.4) is 0 Å². The topological polar surface area (TPSA) is 80.0 Å². The first-order valence-corrected chi connectivity index (χ1v) is 8.10. The minimum Gasteiger partial charge on any atom is -0.480 e. The first-order valence-electron chi connectivity index (χ1n) is 7.34. The largest absolute Gasteiger partial charge is 0.480 e. The lowest BCUT2D eigenvalue weighted by Crippen LogP contribution is -2.36. The fourth-order valence-electron chi connectivity index (χ4n) is 2.12. The number of carbonyl (C=O) groups is 1. The summed E-state index contributed by atoms with van der Waals surface area (Å²) in [5.74, 6) is -0.858. The molecule has 0 amide bonds. The normalized spacial score (nSPS) is 12.3. The van der Waals surface area contributed by atoms with E-state index in [1.165, 1.54) is 4.68 Å². The number of hydrogen-bond acceptors (Lipinski definition) is 4. The minimum atomic E-state index is -0.858. The van der Waals surface area contributed by atoms with Gasteiger partial charge in [0.05, 0.1) is 27.6 Å². The Labute approximate surface area is 144 Å². The second kappa shape index (κ2) is 8.29. The Bertz CT molecular complexity index is 675. The van der Waals surface area contributed by atoms with Crippen LogP contribution in [0.1, 0.15) is 31.9 Å². The van der Waals surface area contributed by atoms with Crippen molar-refractivity contribution in [2.24, 2.45) is 0 Å². The minimum absolute atomic E-state index is 0.318. The highest BCUT2D eigenvalue weighted by atomic mass is 35.5. The van der Waals surface area contributed by atoms with Crippen LogP contribution in [0.2, 0.25) is 10.0 Å². The quantitative estimate of drug-likeness (QED) is 0.758. The van der Waals surface area contributed by atoms with Gasteiger partial charge in [0.2, 0.25) is 0 Å².